The molecule has 0 aliphatic carbocycles. The Morgan fingerprint density at radius 2 is 2.08 bits per heavy atom. The summed E-state index contributed by atoms with van der Waals surface area (Å²) in [6.45, 7) is 3.58. The predicted molar refractivity (Wildman–Crippen MR) is 57.5 cm³/mol. The van der Waals surface area contributed by atoms with Crippen LogP contribution < -0.4 is 3.61 Å². The van der Waals surface area contributed by atoms with Gasteiger partial charge in [0.15, 0.2) is 0 Å². The molecule has 2 heteroatoms. The Morgan fingerprint density at radius 3 is 2.77 bits per heavy atom. The third-order valence-electron chi connectivity index (χ3n) is 1.46. The van der Waals surface area contributed by atoms with Crippen molar-refractivity contribution in [2.45, 2.75) is 6.92 Å². The van der Waals surface area contributed by atoms with Crippen molar-refractivity contribution in [2.24, 2.45) is 0 Å². The topological polar surface area (TPSA) is 9.23 Å². The van der Waals surface area contributed by atoms with Crippen LogP contribution in [0.1, 0.15) is 6.92 Å². The molecule has 0 heterocycles. The number of benzene rings is 1. The first-order valence-electron chi connectivity index (χ1n) is 4.38. The standard InChI is InChI=1S/C11H14OTe/c1-2-12-9-6-10-13-11-7-4-3-5-8-11/h3-8,10H,2,9H2,1H3/b10-6+. The summed E-state index contributed by atoms with van der Waals surface area (Å²) in [5.41, 5.74) is 0. The molecule has 0 aromatic heterocycles. The van der Waals surface area contributed by atoms with E-state index in [1.807, 2.05) is 6.92 Å². The number of ether oxygens (including phenoxy) is 1. The average Bonchev–Trinajstić information content (AvgIpc) is 2.19. The quantitative estimate of drug-likeness (QED) is 0.591. The number of hydrogen-bond donors (Lipinski definition) is 0. The van der Waals surface area contributed by atoms with Gasteiger partial charge < -0.3 is 0 Å². The van der Waals surface area contributed by atoms with Crippen LogP contribution in [-0.2, 0) is 4.74 Å². The summed E-state index contributed by atoms with van der Waals surface area (Å²) in [6.07, 6.45) is 2.12. The molecule has 0 saturated heterocycles. The van der Waals surface area contributed by atoms with Crippen molar-refractivity contribution in [1.82, 2.24) is 0 Å². The predicted octanol–water partition coefficient (Wildman–Crippen LogP) is 1.57. The molecule has 0 aliphatic rings. The van der Waals surface area contributed by atoms with E-state index in [9.17, 15) is 0 Å². The second-order valence-corrected chi connectivity index (χ2v) is 5.26. The summed E-state index contributed by atoms with van der Waals surface area (Å²) in [5, 5.41) is 0. The van der Waals surface area contributed by atoms with E-state index in [2.05, 4.69) is 40.5 Å². The van der Waals surface area contributed by atoms with Crippen LogP contribution >= 0.6 is 0 Å². The number of rotatable bonds is 5. The average molecular weight is 290 g/mol. The Morgan fingerprint density at radius 1 is 1.31 bits per heavy atom. The van der Waals surface area contributed by atoms with Crippen LogP contribution in [0.15, 0.2) is 40.5 Å². The van der Waals surface area contributed by atoms with E-state index in [1.165, 1.54) is 3.61 Å². The van der Waals surface area contributed by atoms with Gasteiger partial charge in [0.25, 0.3) is 0 Å². The minimum absolute atomic E-state index is 0.124. The van der Waals surface area contributed by atoms with Gasteiger partial charge in [-0.15, -0.1) is 0 Å². The zero-order valence-corrected chi connectivity index (χ0v) is 10.1. The van der Waals surface area contributed by atoms with E-state index in [0.717, 1.165) is 13.2 Å². The Balaban J connectivity index is 2.23. The van der Waals surface area contributed by atoms with Gasteiger partial charge >= 0.3 is 89.9 Å². The van der Waals surface area contributed by atoms with Gasteiger partial charge in [-0.1, -0.05) is 0 Å². The van der Waals surface area contributed by atoms with Gasteiger partial charge in [0.2, 0.25) is 0 Å². The van der Waals surface area contributed by atoms with Gasteiger partial charge in [-0.25, -0.2) is 0 Å². The van der Waals surface area contributed by atoms with E-state index in [1.54, 1.807) is 0 Å². The molecule has 1 rings (SSSR count). The van der Waals surface area contributed by atoms with Gasteiger partial charge in [0, 0.05) is 0 Å². The SMILES string of the molecule is CCOC/C=C/[Te]c1ccccc1. The van der Waals surface area contributed by atoms with Gasteiger partial charge in [-0.2, -0.15) is 0 Å². The summed E-state index contributed by atoms with van der Waals surface area (Å²) in [6, 6.07) is 10.6. The molecule has 0 amide bonds. The van der Waals surface area contributed by atoms with Crippen LogP contribution in [0.2, 0.25) is 0 Å². The molecular formula is C11H14OTe. The maximum atomic E-state index is 5.21. The molecule has 0 bridgehead atoms. The van der Waals surface area contributed by atoms with Gasteiger partial charge in [-0.3, -0.25) is 0 Å². The Labute approximate surface area is 89.9 Å². The molecule has 70 valence electrons. The third kappa shape index (κ3) is 5.10. The van der Waals surface area contributed by atoms with Crippen molar-refractivity contribution < 1.29 is 4.74 Å². The van der Waals surface area contributed by atoms with Gasteiger partial charge in [-0.05, 0) is 0 Å². The molecule has 0 radical (unpaired) electrons. The van der Waals surface area contributed by atoms with Crippen LogP contribution in [0, 0.1) is 0 Å². The summed E-state index contributed by atoms with van der Waals surface area (Å²) in [7, 11) is 0. The fourth-order valence-electron chi connectivity index (χ4n) is 0.851. The van der Waals surface area contributed by atoms with E-state index < -0.39 is 0 Å². The summed E-state index contributed by atoms with van der Waals surface area (Å²) >= 11 is -0.124. The van der Waals surface area contributed by atoms with E-state index in [4.69, 9.17) is 4.74 Å². The van der Waals surface area contributed by atoms with Crippen molar-refractivity contribution in [1.29, 1.82) is 0 Å². The second-order valence-electron chi connectivity index (χ2n) is 2.46. The molecule has 0 fully saturated rings. The molecule has 0 unspecified atom stereocenters. The monoisotopic (exact) mass is 292 g/mol. The van der Waals surface area contributed by atoms with Gasteiger partial charge in [0.05, 0.1) is 0 Å². The normalized spacial score (nSPS) is 10.8. The molecule has 1 aromatic carbocycles. The van der Waals surface area contributed by atoms with Crippen molar-refractivity contribution in [3.05, 3.63) is 40.5 Å². The molecule has 0 N–H and O–H groups in total. The molecular weight excluding hydrogens is 276 g/mol. The van der Waals surface area contributed by atoms with Crippen LogP contribution in [-0.4, -0.2) is 34.1 Å². The first-order valence-corrected chi connectivity index (χ1v) is 6.89. The van der Waals surface area contributed by atoms with E-state index >= 15 is 0 Å². The third-order valence-corrected chi connectivity index (χ3v) is 3.95. The Hall–Kier alpha value is -0.290. The Bertz CT molecular complexity index is 244. The summed E-state index contributed by atoms with van der Waals surface area (Å²) < 4.78 is 8.95. The van der Waals surface area contributed by atoms with Gasteiger partial charge in [0.1, 0.15) is 0 Å². The van der Waals surface area contributed by atoms with Crippen LogP contribution in [0.25, 0.3) is 0 Å². The molecule has 0 saturated carbocycles. The fourth-order valence-corrected chi connectivity index (χ4v) is 2.70. The summed E-state index contributed by atoms with van der Waals surface area (Å²) in [5.74, 6) is 0. The van der Waals surface area contributed by atoms with E-state index in [-0.39, 0.29) is 20.9 Å². The maximum absolute atomic E-state index is 5.21. The first-order chi connectivity index (χ1) is 6.43. The van der Waals surface area contributed by atoms with Crippen LogP contribution in [0.4, 0.5) is 0 Å². The molecule has 1 aromatic rings. The molecule has 13 heavy (non-hydrogen) atoms. The summed E-state index contributed by atoms with van der Waals surface area (Å²) in [4.78, 5) is 0. The zero-order valence-electron chi connectivity index (χ0n) is 7.77. The molecule has 0 aliphatic heterocycles. The molecule has 0 atom stereocenters. The van der Waals surface area contributed by atoms with E-state index in [0.29, 0.717) is 0 Å². The van der Waals surface area contributed by atoms with Crippen molar-refractivity contribution in [3.63, 3.8) is 0 Å². The second kappa shape index (κ2) is 7.15. The van der Waals surface area contributed by atoms with Crippen LogP contribution in [0.3, 0.4) is 0 Å². The Kier molecular flexibility index (Phi) is 5.93. The minimum atomic E-state index is -0.124. The number of hydrogen-bond acceptors (Lipinski definition) is 1. The zero-order chi connectivity index (χ0) is 9.36. The van der Waals surface area contributed by atoms with Crippen molar-refractivity contribution >= 4 is 24.5 Å². The first kappa shape index (κ1) is 10.8. The van der Waals surface area contributed by atoms with Crippen LogP contribution in [0.5, 0.6) is 0 Å². The van der Waals surface area contributed by atoms with Crippen molar-refractivity contribution in [2.75, 3.05) is 13.2 Å². The molecule has 0 spiro atoms. The fraction of sp³-hybridized carbons (Fsp3) is 0.273. The van der Waals surface area contributed by atoms with Crippen molar-refractivity contribution in [3.8, 4) is 0 Å². The molecule has 1 nitrogen and oxygen atoms in total.